The summed E-state index contributed by atoms with van der Waals surface area (Å²) in [5.74, 6) is 0.132. The van der Waals surface area contributed by atoms with Crippen molar-refractivity contribution in [3.8, 4) is 5.69 Å². The highest BCUT2D eigenvalue weighted by Gasteiger charge is 2.17. The first-order valence-electron chi connectivity index (χ1n) is 10.3. The Morgan fingerprint density at radius 3 is 2.44 bits per heavy atom. The van der Waals surface area contributed by atoms with Gasteiger partial charge in [-0.05, 0) is 49.2 Å². The lowest BCUT2D eigenvalue weighted by molar-refractivity contribution is -0.119. The van der Waals surface area contributed by atoms with E-state index in [1.54, 1.807) is 4.80 Å². The lowest BCUT2D eigenvalue weighted by Crippen LogP contribution is -2.28. The summed E-state index contributed by atoms with van der Waals surface area (Å²) >= 11 is 1.27. The summed E-state index contributed by atoms with van der Waals surface area (Å²) in [7, 11) is 0. The van der Waals surface area contributed by atoms with Crippen LogP contribution in [0, 0.1) is 6.92 Å². The first-order valence-corrected chi connectivity index (χ1v) is 11.3. The molecule has 1 amide bonds. The Labute approximate surface area is 188 Å². The van der Waals surface area contributed by atoms with Crippen LogP contribution in [0.3, 0.4) is 0 Å². The number of benzene rings is 3. The number of nitrogens with one attached hydrogen (secondary N) is 1. The summed E-state index contributed by atoms with van der Waals surface area (Å²) in [5, 5.41) is 12.6. The molecule has 1 N–H and O–H groups in total. The molecule has 0 aliphatic rings. The summed E-state index contributed by atoms with van der Waals surface area (Å²) in [4.78, 5) is 18.6. The molecule has 7 nitrogen and oxygen atoms in total. The number of rotatable bonds is 6. The summed E-state index contributed by atoms with van der Waals surface area (Å²) in [6, 6.07) is 21.4. The van der Waals surface area contributed by atoms with Crippen LogP contribution in [0.4, 0.5) is 0 Å². The van der Waals surface area contributed by atoms with Gasteiger partial charge < -0.3 is 9.73 Å². The highest BCUT2D eigenvalue weighted by atomic mass is 32.2. The molecule has 0 aliphatic carbocycles. The van der Waals surface area contributed by atoms with Crippen molar-refractivity contribution in [3.63, 3.8) is 0 Å². The predicted molar refractivity (Wildman–Crippen MR) is 125 cm³/mol. The zero-order valence-corrected chi connectivity index (χ0v) is 18.5. The van der Waals surface area contributed by atoms with Gasteiger partial charge in [0.05, 0.1) is 11.8 Å². The summed E-state index contributed by atoms with van der Waals surface area (Å²) in [5.41, 5.74) is 5.72. The van der Waals surface area contributed by atoms with Crippen LogP contribution in [0.5, 0.6) is 0 Å². The van der Waals surface area contributed by atoms with Crippen LogP contribution < -0.4 is 5.32 Å². The standard InChI is InChI=1S/C24H21N5O2S/c1-15-12-20-23(21(13-15)29-27-18-10-6-7-11-19(18)28-29)31-24(26-20)32-14-22(30)25-16(2)17-8-4-3-5-9-17/h3-13,16H,14H2,1-2H3,(H,25,30)/t16-/m0/s1. The normalized spacial score (nSPS) is 12.3. The first-order chi connectivity index (χ1) is 15.6. The second-order valence-corrected chi connectivity index (χ2v) is 8.51. The van der Waals surface area contributed by atoms with Gasteiger partial charge in [0.2, 0.25) is 5.91 Å². The number of oxazole rings is 1. The van der Waals surface area contributed by atoms with Crippen LogP contribution in [0.2, 0.25) is 0 Å². The van der Waals surface area contributed by atoms with Gasteiger partial charge in [-0.3, -0.25) is 4.79 Å². The van der Waals surface area contributed by atoms with E-state index in [1.807, 2.05) is 80.6 Å². The lowest BCUT2D eigenvalue weighted by atomic mass is 10.1. The molecule has 5 rings (SSSR count). The molecule has 0 radical (unpaired) electrons. The van der Waals surface area contributed by atoms with Gasteiger partial charge in [-0.15, -0.1) is 15.0 Å². The fraction of sp³-hybridized carbons (Fsp3) is 0.167. The maximum absolute atomic E-state index is 12.4. The van der Waals surface area contributed by atoms with E-state index in [0.29, 0.717) is 16.3 Å². The quantitative estimate of drug-likeness (QED) is 0.378. The molecule has 8 heteroatoms. The van der Waals surface area contributed by atoms with Gasteiger partial charge in [0, 0.05) is 0 Å². The van der Waals surface area contributed by atoms with Gasteiger partial charge in [0.15, 0.2) is 5.58 Å². The average molecular weight is 444 g/mol. The number of aromatic nitrogens is 4. The molecule has 5 aromatic rings. The fourth-order valence-corrected chi connectivity index (χ4v) is 4.19. The molecule has 0 spiro atoms. The number of aryl methyl sites for hydroxylation is 1. The molecular formula is C24H21N5O2S. The Hall–Kier alpha value is -3.65. The summed E-state index contributed by atoms with van der Waals surface area (Å²) in [6.07, 6.45) is 0. The Morgan fingerprint density at radius 1 is 1.03 bits per heavy atom. The van der Waals surface area contributed by atoms with E-state index >= 15 is 0 Å². The van der Waals surface area contributed by atoms with Crippen LogP contribution >= 0.6 is 11.8 Å². The van der Waals surface area contributed by atoms with Crippen LogP contribution in [0.25, 0.3) is 27.8 Å². The van der Waals surface area contributed by atoms with Crippen LogP contribution in [0.15, 0.2) is 76.4 Å². The number of carbonyl (C=O) groups is 1. The Bertz CT molecular complexity index is 1380. The van der Waals surface area contributed by atoms with E-state index < -0.39 is 0 Å². The topological polar surface area (TPSA) is 85.8 Å². The number of fused-ring (bicyclic) bond motifs is 2. The monoisotopic (exact) mass is 443 g/mol. The molecule has 0 unspecified atom stereocenters. The second-order valence-electron chi connectivity index (χ2n) is 7.58. The minimum absolute atomic E-state index is 0.0674. The maximum Gasteiger partial charge on any atom is 0.257 e. The SMILES string of the molecule is Cc1cc(-n2nc3ccccc3n2)c2oc(SCC(=O)N[C@@H](C)c3ccccc3)nc2c1. The molecule has 0 saturated heterocycles. The van der Waals surface area contributed by atoms with E-state index in [1.165, 1.54) is 11.8 Å². The van der Waals surface area contributed by atoms with Crippen molar-refractivity contribution in [1.29, 1.82) is 0 Å². The Morgan fingerprint density at radius 2 is 1.72 bits per heavy atom. The molecule has 0 fully saturated rings. The fourth-order valence-electron chi connectivity index (χ4n) is 3.54. The number of thioether (sulfide) groups is 1. The highest BCUT2D eigenvalue weighted by Crippen LogP contribution is 2.29. The van der Waals surface area contributed by atoms with Gasteiger partial charge in [0.25, 0.3) is 5.22 Å². The number of amides is 1. The van der Waals surface area contributed by atoms with E-state index in [0.717, 1.165) is 27.8 Å². The number of carbonyl (C=O) groups excluding carboxylic acids is 1. The molecule has 32 heavy (non-hydrogen) atoms. The first kappa shape index (κ1) is 20.3. The number of hydrogen-bond acceptors (Lipinski definition) is 6. The molecule has 2 aromatic heterocycles. The second kappa shape index (κ2) is 8.47. The Balaban J connectivity index is 1.35. The van der Waals surface area contributed by atoms with Crippen LogP contribution in [0.1, 0.15) is 24.1 Å². The largest absolute Gasteiger partial charge is 0.429 e. The Kier molecular flexibility index (Phi) is 5.36. The third-order valence-corrected chi connectivity index (χ3v) is 5.93. The lowest BCUT2D eigenvalue weighted by Gasteiger charge is -2.13. The smallest absolute Gasteiger partial charge is 0.257 e. The molecule has 2 heterocycles. The van der Waals surface area contributed by atoms with Gasteiger partial charge in [-0.1, -0.05) is 54.2 Å². The minimum Gasteiger partial charge on any atom is -0.429 e. The molecule has 160 valence electrons. The van der Waals surface area contributed by atoms with Crippen molar-refractivity contribution < 1.29 is 9.21 Å². The minimum atomic E-state index is -0.0787. The molecule has 0 bridgehead atoms. The third-order valence-electron chi connectivity index (χ3n) is 5.10. The van der Waals surface area contributed by atoms with Gasteiger partial charge >= 0.3 is 0 Å². The third kappa shape index (κ3) is 4.09. The average Bonchev–Trinajstić information content (AvgIpc) is 3.41. The maximum atomic E-state index is 12.4. The van der Waals surface area contributed by atoms with Gasteiger partial charge in [0.1, 0.15) is 22.2 Å². The van der Waals surface area contributed by atoms with Crippen molar-refractivity contribution in [1.82, 2.24) is 25.3 Å². The van der Waals surface area contributed by atoms with E-state index in [-0.39, 0.29) is 17.7 Å². The highest BCUT2D eigenvalue weighted by molar-refractivity contribution is 7.99. The molecule has 0 saturated carbocycles. The zero-order chi connectivity index (χ0) is 22.1. The summed E-state index contributed by atoms with van der Waals surface area (Å²) < 4.78 is 6.02. The van der Waals surface area contributed by atoms with E-state index in [9.17, 15) is 4.79 Å². The van der Waals surface area contributed by atoms with Crippen molar-refractivity contribution >= 4 is 39.8 Å². The van der Waals surface area contributed by atoms with Crippen LogP contribution in [-0.4, -0.2) is 31.6 Å². The van der Waals surface area contributed by atoms with Crippen molar-refractivity contribution in [2.75, 3.05) is 5.75 Å². The van der Waals surface area contributed by atoms with Crippen molar-refractivity contribution in [2.24, 2.45) is 0 Å². The van der Waals surface area contributed by atoms with Gasteiger partial charge in [-0.25, -0.2) is 4.98 Å². The molecule has 3 aromatic carbocycles. The summed E-state index contributed by atoms with van der Waals surface area (Å²) in [6.45, 7) is 3.96. The van der Waals surface area contributed by atoms with Gasteiger partial charge in [-0.2, -0.15) is 0 Å². The zero-order valence-electron chi connectivity index (χ0n) is 17.6. The molecular weight excluding hydrogens is 422 g/mol. The van der Waals surface area contributed by atoms with E-state index in [2.05, 4.69) is 20.5 Å². The number of hydrogen-bond donors (Lipinski definition) is 1. The molecule has 1 atom stereocenters. The predicted octanol–water partition coefficient (Wildman–Crippen LogP) is 4.84. The van der Waals surface area contributed by atoms with Crippen molar-refractivity contribution in [3.05, 3.63) is 77.9 Å². The van der Waals surface area contributed by atoms with Crippen molar-refractivity contribution in [2.45, 2.75) is 25.1 Å². The van der Waals surface area contributed by atoms with E-state index in [4.69, 9.17) is 4.42 Å². The number of nitrogens with zero attached hydrogens (tertiary/aromatic N) is 4. The van der Waals surface area contributed by atoms with Crippen LogP contribution in [-0.2, 0) is 4.79 Å². The molecule has 0 aliphatic heterocycles.